The van der Waals surface area contributed by atoms with Crippen molar-refractivity contribution >= 4 is 29.4 Å². The van der Waals surface area contributed by atoms with Crippen LogP contribution in [0.2, 0.25) is 0 Å². The van der Waals surface area contributed by atoms with Crippen LogP contribution in [0.1, 0.15) is 55.9 Å². The van der Waals surface area contributed by atoms with E-state index >= 15 is 0 Å². The molecule has 0 spiro atoms. The third-order valence-electron chi connectivity index (χ3n) is 5.12. The molecule has 2 aromatic rings. The first-order valence-electron chi connectivity index (χ1n) is 9.60. The summed E-state index contributed by atoms with van der Waals surface area (Å²) in [7, 11) is 0. The molecule has 0 atom stereocenters. The molecule has 29 heavy (non-hydrogen) atoms. The van der Waals surface area contributed by atoms with Crippen LogP contribution in [0, 0.1) is 0 Å². The van der Waals surface area contributed by atoms with Crippen LogP contribution in [-0.4, -0.2) is 41.7 Å². The normalized spacial score (nSPS) is 15.0. The van der Waals surface area contributed by atoms with E-state index in [1.165, 1.54) is 4.90 Å². The van der Waals surface area contributed by atoms with E-state index in [0.717, 1.165) is 11.3 Å². The zero-order valence-electron chi connectivity index (χ0n) is 15.8. The van der Waals surface area contributed by atoms with E-state index < -0.39 is 5.97 Å². The highest BCUT2D eigenvalue weighted by atomic mass is 16.5. The highest BCUT2D eigenvalue weighted by Crippen LogP contribution is 2.24. The lowest BCUT2D eigenvalue weighted by Gasteiger charge is -2.17. The Labute approximate surface area is 167 Å². The number of hydrogen-bond acceptors (Lipinski definition) is 5. The van der Waals surface area contributed by atoms with Gasteiger partial charge < -0.3 is 10.1 Å². The fourth-order valence-electron chi connectivity index (χ4n) is 3.57. The first-order valence-corrected chi connectivity index (χ1v) is 9.60. The van der Waals surface area contributed by atoms with E-state index in [9.17, 15) is 19.2 Å². The van der Waals surface area contributed by atoms with Crippen molar-refractivity contribution in [2.24, 2.45) is 0 Å². The number of aryl methyl sites for hydroxylation is 1. The molecule has 2 aromatic carbocycles. The second-order valence-electron chi connectivity index (χ2n) is 7.07. The van der Waals surface area contributed by atoms with E-state index in [0.29, 0.717) is 48.9 Å². The number of carbonyl (C=O) groups is 4. The fraction of sp³-hybridized carbons (Fsp3) is 0.273. The van der Waals surface area contributed by atoms with Gasteiger partial charge in [-0.3, -0.25) is 19.3 Å². The van der Waals surface area contributed by atoms with Crippen molar-refractivity contribution in [3.63, 3.8) is 0 Å². The zero-order chi connectivity index (χ0) is 20.4. The molecule has 1 N–H and O–H groups in total. The van der Waals surface area contributed by atoms with Crippen molar-refractivity contribution in [1.82, 2.24) is 4.90 Å². The Kier molecular flexibility index (Phi) is 5.12. The lowest BCUT2D eigenvalue weighted by molar-refractivity contribution is -0.116. The Morgan fingerprint density at radius 2 is 1.69 bits per heavy atom. The average molecular weight is 392 g/mol. The smallest absolute Gasteiger partial charge is 0.338 e. The summed E-state index contributed by atoms with van der Waals surface area (Å²) in [5.74, 6) is -0.996. The van der Waals surface area contributed by atoms with Crippen molar-refractivity contribution in [2.45, 2.75) is 25.7 Å². The van der Waals surface area contributed by atoms with Gasteiger partial charge in [0.15, 0.2) is 0 Å². The maximum Gasteiger partial charge on any atom is 0.338 e. The molecule has 3 amide bonds. The first-order chi connectivity index (χ1) is 14.0. The van der Waals surface area contributed by atoms with Gasteiger partial charge in [0, 0.05) is 18.7 Å². The molecule has 0 fully saturated rings. The molecule has 7 heteroatoms. The summed E-state index contributed by atoms with van der Waals surface area (Å²) < 4.78 is 5.31. The van der Waals surface area contributed by atoms with Gasteiger partial charge in [-0.05, 0) is 55.2 Å². The molecular weight excluding hydrogens is 372 g/mol. The van der Waals surface area contributed by atoms with Crippen molar-refractivity contribution < 1.29 is 23.9 Å². The van der Waals surface area contributed by atoms with E-state index in [4.69, 9.17) is 4.74 Å². The highest BCUT2D eigenvalue weighted by molar-refractivity contribution is 6.21. The van der Waals surface area contributed by atoms with Crippen molar-refractivity contribution in [1.29, 1.82) is 0 Å². The number of hydrogen-bond donors (Lipinski definition) is 1. The lowest BCUT2D eigenvalue weighted by Crippen LogP contribution is -2.30. The molecule has 2 aliphatic rings. The molecule has 2 aliphatic heterocycles. The number of carbonyl (C=O) groups excluding carboxylic acids is 4. The van der Waals surface area contributed by atoms with Crippen LogP contribution in [0.15, 0.2) is 42.5 Å². The first kappa shape index (κ1) is 18.9. The molecule has 0 aromatic heterocycles. The summed E-state index contributed by atoms with van der Waals surface area (Å²) in [4.78, 5) is 49.5. The zero-order valence-corrected chi connectivity index (χ0v) is 15.8. The summed E-state index contributed by atoms with van der Waals surface area (Å²) in [6, 6.07) is 11.9. The number of esters is 1. The molecule has 7 nitrogen and oxygen atoms in total. The van der Waals surface area contributed by atoms with E-state index in [1.54, 1.807) is 42.5 Å². The van der Waals surface area contributed by atoms with Crippen LogP contribution in [0.4, 0.5) is 5.69 Å². The molecule has 0 saturated heterocycles. The summed E-state index contributed by atoms with van der Waals surface area (Å²) in [5.41, 5.74) is 2.98. The van der Waals surface area contributed by atoms with Gasteiger partial charge in [-0.1, -0.05) is 12.1 Å². The predicted octanol–water partition coefficient (Wildman–Crippen LogP) is 2.80. The number of imide groups is 1. The summed E-state index contributed by atoms with van der Waals surface area (Å²) in [6.07, 6.45) is 2.10. The molecule has 2 heterocycles. The fourth-order valence-corrected chi connectivity index (χ4v) is 3.57. The Bertz CT molecular complexity index is 979. The van der Waals surface area contributed by atoms with Crippen LogP contribution < -0.4 is 5.32 Å². The van der Waals surface area contributed by atoms with Crippen molar-refractivity contribution in [3.05, 3.63) is 64.7 Å². The molecule has 0 aliphatic carbocycles. The predicted molar refractivity (Wildman–Crippen MR) is 105 cm³/mol. The van der Waals surface area contributed by atoms with Gasteiger partial charge in [0.2, 0.25) is 5.91 Å². The Morgan fingerprint density at radius 1 is 0.966 bits per heavy atom. The third-order valence-corrected chi connectivity index (χ3v) is 5.12. The monoisotopic (exact) mass is 392 g/mol. The van der Waals surface area contributed by atoms with Crippen LogP contribution in [0.5, 0.6) is 0 Å². The van der Waals surface area contributed by atoms with Gasteiger partial charge in [0.25, 0.3) is 11.8 Å². The Morgan fingerprint density at radius 3 is 2.41 bits per heavy atom. The third kappa shape index (κ3) is 3.76. The van der Waals surface area contributed by atoms with E-state index in [-0.39, 0.29) is 24.3 Å². The topological polar surface area (TPSA) is 92.8 Å². The van der Waals surface area contributed by atoms with Crippen molar-refractivity contribution in [3.8, 4) is 0 Å². The van der Waals surface area contributed by atoms with Crippen LogP contribution >= 0.6 is 0 Å². The maximum atomic E-state index is 12.3. The minimum atomic E-state index is -0.426. The number of anilines is 1. The minimum absolute atomic E-state index is 0.0223. The number of unbranched alkanes of at least 4 members (excludes halogenated alkanes) is 1. The number of nitrogens with zero attached hydrogens (tertiary/aromatic N) is 1. The standard InChI is InChI=1S/C22H20N2O5/c25-19-10-8-14-13-15(7-9-18(14)23-19)22(28)29-12-4-3-11-24-20(26)16-5-1-2-6-17(16)21(24)27/h1-2,5-7,9,13H,3-4,8,10-12H2,(H,23,25). The number of benzene rings is 2. The number of amides is 3. The average Bonchev–Trinajstić information content (AvgIpc) is 2.98. The molecule has 0 unspecified atom stereocenters. The van der Waals surface area contributed by atoms with Gasteiger partial charge in [0.05, 0.1) is 23.3 Å². The lowest BCUT2D eigenvalue weighted by atomic mass is 10.0. The van der Waals surface area contributed by atoms with Gasteiger partial charge in [-0.25, -0.2) is 4.79 Å². The Balaban J connectivity index is 1.24. The molecule has 0 radical (unpaired) electrons. The van der Waals surface area contributed by atoms with Crippen LogP contribution in [0.25, 0.3) is 0 Å². The molecule has 148 valence electrons. The van der Waals surface area contributed by atoms with E-state index in [1.807, 2.05) is 0 Å². The second kappa shape index (κ2) is 7.87. The number of fused-ring (bicyclic) bond motifs is 2. The SMILES string of the molecule is O=C1CCc2cc(C(=O)OCCCCN3C(=O)c4ccccc4C3=O)ccc2N1. The summed E-state index contributed by atoms with van der Waals surface area (Å²) >= 11 is 0. The second-order valence-corrected chi connectivity index (χ2v) is 7.07. The summed E-state index contributed by atoms with van der Waals surface area (Å²) in [6.45, 7) is 0.498. The van der Waals surface area contributed by atoms with Crippen LogP contribution in [0.3, 0.4) is 0 Å². The van der Waals surface area contributed by atoms with Gasteiger partial charge in [-0.15, -0.1) is 0 Å². The maximum absolute atomic E-state index is 12.3. The Hall–Kier alpha value is -3.48. The molecule has 4 rings (SSSR count). The number of ether oxygens (including phenoxy) is 1. The molecule has 0 saturated carbocycles. The van der Waals surface area contributed by atoms with Crippen LogP contribution in [-0.2, 0) is 16.0 Å². The minimum Gasteiger partial charge on any atom is -0.462 e. The molecular formula is C22H20N2O5. The number of nitrogens with one attached hydrogen (secondary N) is 1. The van der Waals surface area contributed by atoms with Gasteiger partial charge in [0.1, 0.15) is 0 Å². The highest BCUT2D eigenvalue weighted by Gasteiger charge is 2.34. The van der Waals surface area contributed by atoms with Gasteiger partial charge >= 0.3 is 5.97 Å². The van der Waals surface area contributed by atoms with Crippen molar-refractivity contribution in [2.75, 3.05) is 18.5 Å². The summed E-state index contributed by atoms with van der Waals surface area (Å²) in [5, 5.41) is 2.78. The molecule has 0 bridgehead atoms. The van der Waals surface area contributed by atoms with E-state index in [2.05, 4.69) is 5.32 Å². The largest absolute Gasteiger partial charge is 0.462 e. The van der Waals surface area contributed by atoms with Gasteiger partial charge in [-0.2, -0.15) is 0 Å². The quantitative estimate of drug-likeness (QED) is 0.464. The number of rotatable bonds is 6.